The van der Waals surface area contributed by atoms with Crippen LogP contribution in [0.25, 0.3) is 5.69 Å². The Morgan fingerprint density at radius 1 is 1.42 bits per heavy atom. The Bertz CT molecular complexity index is 695. The Hall–Kier alpha value is -2.50. The van der Waals surface area contributed by atoms with Crippen LogP contribution in [-0.4, -0.2) is 20.9 Å². The number of aryl methyl sites for hydroxylation is 1. The lowest BCUT2D eigenvalue weighted by Crippen LogP contribution is -2.25. The summed E-state index contributed by atoms with van der Waals surface area (Å²) in [6, 6.07) is 6.64. The molecule has 0 saturated carbocycles. The molecule has 0 aliphatic heterocycles. The van der Waals surface area contributed by atoms with E-state index in [0.29, 0.717) is 6.42 Å². The van der Waals surface area contributed by atoms with E-state index in [0.717, 1.165) is 10.7 Å². The molecule has 5 nitrogen and oxygen atoms in total. The fraction of sp³-hybridized carbons (Fsp3) is 0.154. The number of benzene rings is 1. The van der Waals surface area contributed by atoms with Crippen molar-refractivity contribution in [3.05, 3.63) is 57.8 Å². The molecule has 0 saturated heterocycles. The average Bonchev–Trinajstić information content (AvgIpc) is 2.39. The van der Waals surface area contributed by atoms with Crippen LogP contribution in [0.1, 0.15) is 23.0 Å². The number of hydrogen-bond donors (Lipinski definition) is 1. The van der Waals surface area contributed by atoms with Gasteiger partial charge in [0, 0.05) is 6.07 Å². The fourth-order valence-corrected chi connectivity index (χ4v) is 1.73. The predicted molar refractivity (Wildman–Crippen MR) is 66.1 cm³/mol. The highest BCUT2D eigenvalue weighted by Gasteiger charge is 2.15. The number of halogens is 1. The Morgan fingerprint density at radius 3 is 2.68 bits per heavy atom. The molecule has 2 aromatic rings. The zero-order valence-electron chi connectivity index (χ0n) is 10.1. The summed E-state index contributed by atoms with van der Waals surface area (Å²) in [5, 5.41) is 12.9. The third-order valence-corrected chi connectivity index (χ3v) is 2.65. The van der Waals surface area contributed by atoms with Crippen molar-refractivity contribution >= 4 is 5.97 Å². The van der Waals surface area contributed by atoms with Crippen molar-refractivity contribution in [3.8, 4) is 5.69 Å². The smallest absolute Gasteiger partial charge is 0.337 e. The van der Waals surface area contributed by atoms with Gasteiger partial charge in [-0.25, -0.2) is 9.18 Å². The third kappa shape index (κ3) is 2.37. The van der Waals surface area contributed by atoms with Gasteiger partial charge in [-0.05, 0) is 18.6 Å². The molecule has 6 heteroatoms. The van der Waals surface area contributed by atoms with E-state index in [-0.39, 0.29) is 16.9 Å². The van der Waals surface area contributed by atoms with E-state index in [9.17, 15) is 14.0 Å². The minimum Gasteiger partial charge on any atom is -0.478 e. The van der Waals surface area contributed by atoms with E-state index in [4.69, 9.17) is 5.11 Å². The second-order valence-electron chi connectivity index (χ2n) is 3.86. The van der Waals surface area contributed by atoms with E-state index < -0.39 is 17.3 Å². The van der Waals surface area contributed by atoms with Gasteiger partial charge in [0.2, 0.25) is 0 Å². The quantitative estimate of drug-likeness (QED) is 0.912. The van der Waals surface area contributed by atoms with Gasteiger partial charge >= 0.3 is 5.97 Å². The molecule has 2 rings (SSSR count). The zero-order valence-corrected chi connectivity index (χ0v) is 10.1. The van der Waals surface area contributed by atoms with Crippen LogP contribution >= 0.6 is 0 Å². The van der Waals surface area contributed by atoms with Crippen molar-refractivity contribution in [3.63, 3.8) is 0 Å². The van der Waals surface area contributed by atoms with Gasteiger partial charge in [0.05, 0.1) is 11.3 Å². The van der Waals surface area contributed by atoms with Crippen molar-refractivity contribution in [1.82, 2.24) is 9.78 Å². The maximum Gasteiger partial charge on any atom is 0.337 e. The average molecular weight is 262 g/mol. The molecular formula is C13H11FN2O3. The molecule has 0 radical (unpaired) electrons. The zero-order chi connectivity index (χ0) is 14.0. The summed E-state index contributed by atoms with van der Waals surface area (Å²) in [5.74, 6) is -1.82. The van der Waals surface area contributed by atoms with Crippen molar-refractivity contribution in [2.24, 2.45) is 0 Å². The summed E-state index contributed by atoms with van der Waals surface area (Å²) in [7, 11) is 0. The molecule has 0 fully saturated rings. The minimum atomic E-state index is -1.22. The Kier molecular flexibility index (Phi) is 3.41. The predicted octanol–water partition coefficient (Wildman–Crippen LogP) is 1.63. The fourth-order valence-electron chi connectivity index (χ4n) is 1.73. The first kappa shape index (κ1) is 12.9. The van der Waals surface area contributed by atoms with Crippen molar-refractivity contribution in [2.45, 2.75) is 13.3 Å². The molecule has 0 aliphatic carbocycles. The van der Waals surface area contributed by atoms with E-state index >= 15 is 0 Å². The molecule has 0 bridgehead atoms. The van der Waals surface area contributed by atoms with Gasteiger partial charge in [0.15, 0.2) is 0 Å². The molecular weight excluding hydrogens is 251 g/mol. The van der Waals surface area contributed by atoms with Gasteiger partial charge in [-0.1, -0.05) is 19.1 Å². The van der Waals surface area contributed by atoms with Crippen LogP contribution in [-0.2, 0) is 6.42 Å². The Balaban J connectivity index is 2.70. The maximum atomic E-state index is 13.6. The van der Waals surface area contributed by atoms with Gasteiger partial charge in [0.25, 0.3) is 5.56 Å². The monoisotopic (exact) mass is 262 g/mol. The molecule has 1 heterocycles. The lowest BCUT2D eigenvalue weighted by molar-refractivity contribution is 0.0694. The number of rotatable bonds is 3. The number of carbonyl (C=O) groups is 1. The number of aromatic carboxylic acids is 1. The number of para-hydroxylation sites is 1. The summed E-state index contributed by atoms with van der Waals surface area (Å²) >= 11 is 0. The summed E-state index contributed by atoms with van der Waals surface area (Å²) in [4.78, 5) is 22.8. The van der Waals surface area contributed by atoms with E-state index in [1.807, 2.05) is 0 Å². The molecule has 1 N–H and O–H groups in total. The summed E-state index contributed by atoms with van der Waals surface area (Å²) in [5.41, 5.74) is -0.603. The molecule has 1 aromatic heterocycles. The van der Waals surface area contributed by atoms with Crippen LogP contribution < -0.4 is 5.56 Å². The molecule has 0 amide bonds. The summed E-state index contributed by atoms with van der Waals surface area (Å²) in [6.07, 6.45) is 0.330. The van der Waals surface area contributed by atoms with Crippen molar-refractivity contribution < 1.29 is 14.3 Å². The first-order chi connectivity index (χ1) is 9.04. The van der Waals surface area contributed by atoms with Gasteiger partial charge < -0.3 is 5.11 Å². The lowest BCUT2D eigenvalue weighted by Gasteiger charge is -2.09. The molecule has 1 aromatic carbocycles. The van der Waals surface area contributed by atoms with Crippen LogP contribution in [0.15, 0.2) is 35.1 Å². The first-order valence-corrected chi connectivity index (χ1v) is 5.66. The Morgan fingerprint density at radius 2 is 2.11 bits per heavy atom. The summed E-state index contributed by atoms with van der Waals surface area (Å²) in [6.45, 7) is 1.71. The first-order valence-electron chi connectivity index (χ1n) is 5.66. The number of nitrogens with zero attached hydrogens (tertiary/aromatic N) is 2. The molecule has 98 valence electrons. The Labute approximate surface area is 107 Å². The highest BCUT2D eigenvalue weighted by molar-refractivity contribution is 5.88. The van der Waals surface area contributed by atoms with Gasteiger partial charge in [-0.15, -0.1) is 0 Å². The molecule has 0 atom stereocenters. The second-order valence-corrected chi connectivity index (χ2v) is 3.86. The second kappa shape index (κ2) is 5.01. The van der Waals surface area contributed by atoms with Crippen molar-refractivity contribution in [1.29, 1.82) is 0 Å². The van der Waals surface area contributed by atoms with Crippen molar-refractivity contribution in [2.75, 3.05) is 0 Å². The number of hydrogen-bond acceptors (Lipinski definition) is 3. The highest BCUT2D eigenvalue weighted by atomic mass is 19.1. The lowest BCUT2D eigenvalue weighted by atomic mass is 10.2. The molecule has 0 spiro atoms. The van der Waals surface area contributed by atoms with Gasteiger partial charge in [0.1, 0.15) is 11.5 Å². The van der Waals surface area contributed by atoms with E-state index in [2.05, 4.69) is 5.10 Å². The van der Waals surface area contributed by atoms with E-state index in [1.165, 1.54) is 18.2 Å². The van der Waals surface area contributed by atoms with Crippen LogP contribution in [0.4, 0.5) is 4.39 Å². The van der Waals surface area contributed by atoms with Crippen LogP contribution in [0, 0.1) is 5.82 Å². The molecule has 0 unspecified atom stereocenters. The highest BCUT2D eigenvalue weighted by Crippen LogP contribution is 2.11. The topological polar surface area (TPSA) is 72.2 Å². The molecule has 0 aliphatic rings. The van der Waals surface area contributed by atoms with Crippen LogP contribution in [0.3, 0.4) is 0 Å². The SMILES string of the molecule is CCc1nn(-c2ccccc2F)c(=O)cc1C(=O)O. The van der Waals surface area contributed by atoms with Crippen LogP contribution in [0.2, 0.25) is 0 Å². The number of carboxylic acids is 1. The number of aromatic nitrogens is 2. The largest absolute Gasteiger partial charge is 0.478 e. The van der Waals surface area contributed by atoms with Gasteiger partial charge in [-0.2, -0.15) is 9.78 Å². The molecule has 19 heavy (non-hydrogen) atoms. The third-order valence-electron chi connectivity index (χ3n) is 2.65. The normalized spacial score (nSPS) is 10.4. The van der Waals surface area contributed by atoms with Gasteiger partial charge in [-0.3, -0.25) is 4.79 Å². The van der Waals surface area contributed by atoms with E-state index in [1.54, 1.807) is 13.0 Å². The minimum absolute atomic E-state index is 0.000797. The van der Waals surface area contributed by atoms with Crippen LogP contribution in [0.5, 0.6) is 0 Å². The number of carboxylic acid groups (broad SMARTS) is 1. The standard InChI is InChI=1S/C13H11FN2O3/c1-2-10-8(13(18)19)7-12(17)16(15-10)11-6-4-3-5-9(11)14/h3-7H,2H2,1H3,(H,18,19). The summed E-state index contributed by atoms with van der Waals surface area (Å²) < 4.78 is 14.5. The maximum absolute atomic E-state index is 13.6.